The molecule has 0 aliphatic rings. The number of pyridine rings is 1. The molecule has 0 aliphatic heterocycles. The molecule has 3 aromatic rings. The molecule has 8 nitrogen and oxygen atoms in total. The van der Waals surface area contributed by atoms with E-state index in [0.29, 0.717) is 11.4 Å². The predicted molar refractivity (Wildman–Crippen MR) is 104 cm³/mol. The van der Waals surface area contributed by atoms with Crippen molar-refractivity contribution in [3.05, 3.63) is 87.9 Å². The highest BCUT2D eigenvalue weighted by Crippen LogP contribution is 2.22. The van der Waals surface area contributed by atoms with Crippen molar-refractivity contribution in [1.82, 2.24) is 4.57 Å². The average molecular weight is 378 g/mol. The Labute approximate surface area is 160 Å². The van der Waals surface area contributed by atoms with E-state index in [9.17, 15) is 14.9 Å². The highest BCUT2D eigenvalue weighted by molar-refractivity contribution is 5.95. The summed E-state index contributed by atoms with van der Waals surface area (Å²) in [6.45, 7) is 1.76. The summed E-state index contributed by atoms with van der Waals surface area (Å²) < 4.78 is 6.39. The van der Waals surface area contributed by atoms with Crippen LogP contribution in [0.1, 0.15) is 17.3 Å². The molecule has 0 aliphatic carbocycles. The predicted octanol–water partition coefficient (Wildman–Crippen LogP) is 3.38. The zero-order valence-corrected chi connectivity index (χ0v) is 15.1. The number of ether oxygens (including phenoxy) is 1. The van der Waals surface area contributed by atoms with Crippen LogP contribution < -0.4 is 11.2 Å². The number of aromatic nitrogens is 1. The number of nitro groups is 1. The van der Waals surface area contributed by atoms with Crippen molar-refractivity contribution in [1.29, 1.82) is 0 Å². The summed E-state index contributed by atoms with van der Waals surface area (Å²) in [5, 5.41) is 11.8. The number of carbonyl (C=O) groups is 1. The molecule has 0 saturated heterocycles. The Hall–Kier alpha value is -3.94. The quantitative estimate of drug-likeness (QED) is 0.415. The molecule has 0 fully saturated rings. The van der Waals surface area contributed by atoms with Crippen LogP contribution in [0.3, 0.4) is 0 Å². The molecular formula is C20H18N4O4. The molecule has 3 rings (SSSR count). The zero-order chi connectivity index (χ0) is 20.1. The SMILES string of the molecule is CCOC(=O)c1cc([N+](=O)[O-])c(=Nc2ccccc2)n(-c2ccccc2)c1N. The molecule has 1 aromatic heterocycles. The largest absolute Gasteiger partial charge is 0.462 e. The molecule has 2 aromatic carbocycles. The van der Waals surface area contributed by atoms with Gasteiger partial charge in [-0.25, -0.2) is 9.79 Å². The van der Waals surface area contributed by atoms with Crippen molar-refractivity contribution in [3.63, 3.8) is 0 Å². The Bertz CT molecular complexity index is 1080. The minimum atomic E-state index is -0.737. The fourth-order valence-corrected chi connectivity index (χ4v) is 2.70. The summed E-state index contributed by atoms with van der Waals surface area (Å²) >= 11 is 0. The van der Waals surface area contributed by atoms with Crippen molar-refractivity contribution >= 4 is 23.2 Å². The Morgan fingerprint density at radius 1 is 1.14 bits per heavy atom. The van der Waals surface area contributed by atoms with E-state index >= 15 is 0 Å². The summed E-state index contributed by atoms with van der Waals surface area (Å²) in [4.78, 5) is 27.9. The number of hydrogen-bond donors (Lipinski definition) is 1. The van der Waals surface area contributed by atoms with Gasteiger partial charge in [-0.3, -0.25) is 14.7 Å². The highest BCUT2D eigenvalue weighted by Gasteiger charge is 2.24. The van der Waals surface area contributed by atoms with E-state index in [1.54, 1.807) is 61.5 Å². The monoisotopic (exact) mass is 378 g/mol. The van der Waals surface area contributed by atoms with E-state index in [4.69, 9.17) is 10.5 Å². The molecular weight excluding hydrogens is 360 g/mol. The van der Waals surface area contributed by atoms with Gasteiger partial charge in [-0.05, 0) is 31.2 Å². The molecule has 142 valence electrons. The normalized spacial score (nSPS) is 11.2. The van der Waals surface area contributed by atoms with Crippen LogP contribution in [-0.2, 0) is 4.74 Å². The number of esters is 1. The number of hydrogen-bond acceptors (Lipinski definition) is 6. The number of nitrogens with zero attached hydrogens (tertiary/aromatic N) is 3. The van der Waals surface area contributed by atoms with Gasteiger partial charge in [0.05, 0.1) is 17.2 Å². The molecule has 0 atom stereocenters. The standard InChI is InChI=1S/C20H18N4O4/c1-2-28-20(25)16-13-17(24(26)27)19(22-14-9-5-3-6-10-14)23(18(16)21)15-11-7-4-8-12-15/h3-13H,2,21H2,1H3. The fraction of sp³-hybridized carbons (Fsp3) is 0.100. The van der Waals surface area contributed by atoms with E-state index in [1.807, 2.05) is 6.07 Å². The van der Waals surface area contributed by atoms with Gasteiger partial charge in [-0.2, -0.15) is 0 Å². The van der Waals surface area contributed by atoms with E-state index in [0.717, 1.165) is 6.07 Å². The molecule has 0 radical (unpaired) electrons. The first-order valence-electron chi connectivity index (χ1n) is 8.55. The number of para-hydroxylation sites is 2. The summed E-state index contributed by atoms with van der Waals surface area (Å²) in [5.74, 6) is -0.732. The first kappa shape index (κ1) is 18.8. The summed E-state index contributed by atoms with van der Waals surface area (Å²) in [7, 11) is 0. The molecule has 1 heterocycles. The first-order valence-corrected chi connectivity index (χ1v) is 8.55. The first-order chi connectivity index (χ1) is 13.5. The Morgan fingerprint density at radius 3 is 2.32 bits per heavy atom. The molecule has 0 saturated carbocycles. The zero-order valence-electron chi connectivity index (χ0n) is 15.1. The third-order valence-corrected chi connectivity index (χ3v) is 3.94. The lowest BCUT2D eigenvalue weighted by Gasteiger charge is -2.15. The van der Waals surface area contributed by atoms with Crippen LogP contribution in [0, 0.1) is 10.1 Å². The summed E-state index contributed by atoms with van der Waals surface area (Å²) in [6, 6.07) is 18.7. The van der Waals surface area contributed by atoms with Crippen LogP contribution >= 0.6 is 0 Å². The topological polar surface area (TPSA) is 113 Å². The maximum absolute atomic E-state index is 12.3. The Morgan fingerprint density at radius 2 is 1.75 bits per heavy atom. The third-order valence-electron chi connectivity index (χ3n) is 3.94. The number of benzene rings is 2. The van der Waals surface area contributed by atoms with Crippen molar-refractivity contribution in [2.45, 2.75) is 6.92 Å². The number of anilines is 1. The fourth-order valence-electron chi connectivity index (χ4n) is 2.70. The van der Waals surface area contributed by atoms with E-state index in [-0.39, 0.29) is 29.2 Å². The summed E-state index contributed by atoms with van der Waals surface area (Å²) in [6.07, 6.45) is 0. The van der Waals surface area contributed by atoms with Gasteiger partial charge in [0.2, 0.25) is 5.49 Å². The molecule has 28 heavy (non-hydrogen) atoms. The smallest absolute Gasteiger partial charge is 0.342 e. The summed E-state index contributed by atoms with van der Waals surface area (Å²) in [5.41, 5.74) is 6.85. The van der Waals surface area contributed by atoms with Crippen LogP contribution in [-0.4, -0.2) is 22.1 Å². The minimum Gasteiger partial charge on any atom is -0.462 e. The van der Waals surface area contributed by atoms with Gasteiger partial charge in [-0.15, -0.1) is 0 Å². The van der Waals surface area contributed by atoms with Crippen LogP contribution in [0.5, 0.6) is 0 Å². The number of rotatable bonds is 5. The maximum Gasteiger partial charge on any atom is 0.342 e. The van der Waals surface area contributed by atoms with E-state index in [2.05, 4.69) is 4.99 Å². The molecule has 2 N–H and O–H groups in total. The third kappa shape index (κ3) is 3.75. The number of nitrogen functional groups attached to an aromatic ring is 1. The van der Waals surface area contributed by atoms with E-state index in [1.165, 1.54) is 4.57 Å². The Balaban J connectivity index is 2.43. The number of carbonyl (C=O) groups excluding carboxylic acids is 1. The van der Waals surface area contributed by atoms with Crippen LogP contribution in [0.25, 0.3) is 5.69 Å². The maximum atomic E-state index is 12.3. The molecule has 0 unspecified atom stereocenters. The van der Waals surface area contributed by atoms with Gasteiger partial charge in [-0.1, -0.05) is 36.4 Å². The molecule has 8 heteroatoms. The average Bonchev–Trinajstić information content (AvgIpc) is 2.69. The van der Waals surface area contributed by atoms with Crippen molar-refractivity contribution < 1.29 is 14.5 Å². The highest BCUT2D eigenvalue weighted by atomic mass is 16.6. The van der Waals surface area contributed by atoms with Crippen molar-refractivity contribution in [3.8, 4) is 5.69 Å². The van der Waals surface area contributed by atoms with Gasteiger partial charge in [0.15, 0.2) is 0 Å². The van der Waals surface area contributed by atoms with Crippen LogP contribution in [0.2, 0.25) is 0 Å². The van der Waals surface area contributed by atoms with Crippen molar-refractivity contribution in [2.24, 2.45) is 4.99 Å². The van der Waals surface area contributed by atoms with Crippen LogP contribution in [0.15, 0.2) is 71.7 Å². The molecule has 0 bridgehead atoms. The van der Waals surface area contributed by atoms with E-state index < -0.39 is 10.9 Å². The second-order valence-corrected chi connectivity index (χ2v) is 5.75. The van der Waals surface area contributed by atoms with Gasteiger partial charge < -0.3 is 10.5 Å². The van der Waals surface area contributed by atoms with Crippen LogP contribution in [0.4, 0.5) is 17.2 Å². The molecule has 0 amide bonds. The lowest BCUT2D eigenvalue weighted by Crippen LogP contribution is -2.28. The minimum absolute atomic E-state index is 0.00457. The number of nitrogens with two attached hydrogens (primary N) is 1. The lowest BCUT2D eigenvalue weighted by atomic mass is 10.2. The van der Waals surface area contributed by atoms with Gasteiger partial charge in [0.1, 0.15) is 11.4 Å². The van der Waals surface area contributed by atoms with Gasteiger partial charge in [0, 0.05) is 11.8 Å². The molecule has 0 spiro atoms. The second kappa shape index (κ2) is 8.17. The second-order valence-electron chi connectivity index (χ2n) is 5.75. The Kier molecular flexibility index (Phi) is 5.50. The van der Waals surface area contributed by atoms with Gasteiger partial charge in [0.25, 0.3) is 0 Å². The lowest BCUT2D eigenvalue weighted by molar-refractivity contribution is -0.386. The van der Waals surface area contributed by atoms with Gasteiger partial charge >= 0.3 is 11.7 Å². The van der Waals surface area contributed by atoms with Crippen molar-refractivity contribution in [2.75, 3.05) is 12.3 Å².